The molecule has 1 heterocycles. The van der Waals surface area contributed by atoms with E-state index >= 15 is 0 Å². The van der Waals surface area contributed by atoms with E-state index in [2.05, 4.69) is 10.2 Å². The molecule has 0 spiro atoms. The van der Waals surface area contributed by atoms with Crippen molar-refractivity contribution in [1.29, 1.82) is 0 Å². The monoisotopic (exact) mass is 220 g/mol. The molecule has 0 aliphatic heterocycles. The Hall–Kier alpha value is -1.44. The second-order valence-corrected chi connectivity index (χ2v) is 2.51. The molecule has 0 unspecified atom stereocenters. The van der Waals surface area contributed by atoms with Crippen molar-refractivity contribution < 1.29 is 0 Å². The van der Waals surface area contributed by atoms with Crippen molar-refractivity contribution in [2.24, 2.45) is 0 Å². The maximum atomic E-state index is 3.80. The molecular weight excluding hydrogens is 196 g/mol. The summed E-state index contributed by atoms with van der Waals surface area (Å²) < 4.78 is 0. The lowest BCUT2D eigenvalue weighted by Crippen LogP contribution is -1.85. The van der Waals surface area contributed by atoms with Crippen LogP contribution in [0.2, 0.25) is 0 Å². The van der Waals surface area contributed by atoms with E-state index in [1.165, 1.54) is 0 Å². The van der Waals surface area contributed by atoms with Crippen LogP contribution in [0.25, 0.3) is 6.08 Å². The van der Waals surface area contributed by atoms with Gasteiger partial charge >= 0.3 is 0 Å². The van der Waals surface area contributed by atoms with Gasteiger partial charge in [-0.2, -0.15) is 10.2 Å². The molecule has 0 aliphatic rings. The van der Waals surface area contributed by atoms with Gasteiger partial charge in [-0.3, -0.25) is 0 Å². The molecule has 0 amide bonds. The van der Waals surface area contributed by atoms with E-state index in [4.69, 9.17) is 0 Å². The van der Waals surface area contributed by atoms with Crippen molar-refractivity contribution >= 4 is 6.08 Å². The number of rotatable bonds is 2. The van der Waals surface area contributed by atoms with Crippen LogP contribution in [-0.4, -0.2) is 10.2 Å². The highest BCUT2D eigenvalue weighted by Gasteiger charge is 1.90. The minimum atomic E-state index is 1.11. The Morgan fingerprint density at radius 3 is 2.00 bits per heavy atom. The Morgan fingerprint density at radius 2 is 1.50 bits per heavy atom. The molecule has 0 aromatic carbocycles. The molecule has 0 aliphatic carbocycles. The second-order valence-electron chi connectivity index (χ2n) is 2.51. The smallest absolute Gasteiger partial charge is 0.0571 e. The minimum Gasteiger partial charge on any atom is -0.159 e. The average Bonchev–Trinajstić information content (AvgIpc) is 2.37. The average molecular weight is 220 g/mol. The van der Waals surface area contributed by atoms with Crippen molar-refractivity contribution in [3.8, 4) is 0 Å². The minimum absolute atomic E-state index is 1.11. The molecule has 0 bridgehead atoms. The fourth-order valence-corrected chi connectivity index (χ4v) is 0.837. The SMILES string of the molecule is C/C=C\C=C/c1cnncc1C.CC.CC. The maximum absolute atomic E-state index is 3.80. The third-order valence-corrected chi connectivity index (χ3v) is 1.55. The van der Waals surface area contributed by atoms with Gasteiger partial charge in [0.15, 0.2) is 0 Å². The van der Waals surface area contributed by atoms with E-state index in [1.54, 1.807) is 12.4 Å². The zero-order valence-corrected chi connectivity index (χ0v) is 11.4. The van der Waals surface area contributed by atoms with E-state index in [0.717, 1.165) is 11.1 Å². The first-order valence-electron chi connectivity index (χ1n) is 5.91. The van der Waals surface area contributed by atoms with Crippen molar-refractivity contribution in [2.45, 2.75) is 41.5 Å². The van der Waals surface area contributed by atoms with Gasteiger partial charge in [0.25, 0.3) is 0 Å². The second kappa shape index (κ2) is 13.6. The first-order valence-corrected chi connectivity index (χ1v) is 5.91. The summed E-state index contributed by atoms with van der Waals surface area (Å²) in [6, 6.07) is 0. The van der Waals surface area contributed by atoms with Crippen LogP contribution in [0.15, 0.2) is 30.6 Å². The van der Waals surface area contributed by atoms with Gasteiger partial charge in [-0.1, -0.05) is 52.0 Å². The number of aryl methyl sites for hydroxylation is 1. The summed E-state index contributed by atoms with van der Waals surface area (Å²) in [5.41, 5.74) is 2.26. The van der Waals surface area contributed by atoms with Gasteiger partial charge in [0.1, 0.15) is 0 Å². The first-order chi connectivity index (χ1) is 7.84. The first kappa shape index (κ1) is 17.0. The number of aromatic nitrogens is 2. The molecule has 1 rings (SSSR count). The van der Waals surface area contributed by atoms with Gasteiger partial charge in [-0.25, -0.2) is 0 Å². The van der Waals surface area contributed by atoms with E-state index in [9.17, 15) is 0 Å². The molecule has 0 radical (unpaired) electrons. The fourth-order valence-electron chi connectivity index (χ4n) is 0.837. The summed E-state index contributed by atoms with van der Waals surface area (Å²) >= 11 is 0. The molecule has 1 aromatic rings. The Kier molecular flexibility index (Phi) is 14.4. The van der Waals surface area contributed by atoms with Crippen LogP contribution in [0.5, 0.6) is 0 Å². The topological polar surface area (TPSA) is 25.8 Å². The van der Waals surface area contributed by atoms with Crippen molar-refractivity contribution in [3.05, 3.63) is 41.7 Å². The summed E-state index contributed by atoms with van der Waals surface area (Å²) in [7, 11) is 0. The van der Waals surface area contributed by atoms with Crippen molar-refractivity contribution in [3.63, 3.8) is 0 Å². The van der Waals surface area contributed by atoms with Gasteiger partial charge in [0.05, 0.1) is 12.4 Å². The molecular formula is C14H24N2. The molecule has 2 nitrogen and oxygen atoms in total. The van der Waals surface area contributed by atoms with Crippen molar-refractivity contribution in [1.82, 2.24) is 10.2 Å². The van der Waals surface area contributed by atoms with E-state index < -0.39 is 0 Å². The van der Waals surface area contributed by atoms with Gasteiger partial charge in [-0.15, -0.1) is 0 Å². The summed E-state index contributed by atoms with van der Waals surface area (Å²) in [4.78, 5) is 0. The highest BCUT2D eigenvalue weighted by atomic mass is 15.1. The molecule has 0 fully saturated rings. The van der Waals surface area contributed by atoms with E-state index in [-0.39, 0.29) is 0 Å². The van der Waals surface area contributed by atoms with E-state index in [0.29, 0.717) is 0 Å². The van der Waals surface area contributed by atoms with E-state index in [1.807, 2.05) is 65.8 Å². The fraction of sp³-hybridized carbons (Fsp3) is 0.429. The maximum Gasteiger partial charge on any atom is 0.0571 e. The third kappa shape index (κ3) is 7.92. The molecule has 0 N–H and O–H groups in total. The summed E-state index contributed by atoms with van der Waals surface area (Å²) in [6.07, 6.45) is 11.5. The lowest BCUT2D eigenvalue weighted by Gasteiger charge is -1.94. The summed E-state index contributed by atoms with van der Waals surface area (Å²) in [5.74, 6) is 0. The van der Waals surface area contributed by atoms with Crippen LogP contribution in [0.3, 0.4) is 0 Å². The third-order valence-electron chi connectivity index (χ3n) is 1.55. The normalized spacial score (nSPS) is 9.38. The van der Waals surface area contributed by atoms with Crippen LogP contribution in [0.4, 0.5) is 0 Å². The van der Waals surface area contributed by atoms with Crippen molar-refractivity contribution in [2.75, 3.05) is 0 Å². The number of allylic oxidation sites excluding steroid dienone is 3. The highest BCUT2D eigenvalue weighted by molar-refractivity contribution is 5.52. The highest BCUT2D eigenvalue weighted by Crippen LogP contribution is 2.05. The van der Waals surface area contributed by atoms with Gasteiger partial charge in [0.2, 0.25) is 0 Å². The standard InChI is InChI=1S/C10H12N2.2C2H6/c1-3-4-5-6-10-8-12-11-7-9(10)2;2*1-2/h3-8H,1-2H3;2*1-2H3/b4-3-,6-5-;;. The zero-order valence-electron chi connectivity index (χ0n) is 11.4. The number of hydrogen-bond acceptors (Lipinski definition) is 2. The lowest BCUT2D eigenvalue weighted by molar-refractivity contribution is 1.01. The van der Waals surface area contributed by atoms with Crippen LogP contribution in [-0.2, 0) is 0 Å². The molecule has 90 valence electrons. The molecule has 0 atom stereocenters. The molecule has 0 saturated heterocycles. The lowest BCUT2D eigenvalue weighted by atomic mass is 10.2. The van der Waals surface area contributed by atoms with Crippen LogP contribution in [0.1, 0.15) is 45.7 Å². The molecule has 1 aromatic heterocycles. The molecule has 16 heavy (non-hydrogen) atoms. The van der Waals surface area contributed by atoms with Crippen LogP contribution < -0.4 is 0 Å². The summed E-state index contributed by atoms with van der Waals surface area (Å²) in [5, 5.41) is 7.57. The van der Waals surface area contributed by atoms with Gasteiger partial charge in [-0.05, 0) is 25.0 Å². The Morgan fingerprint density at radius 1 is 0.938 bits per heavy atom. The van der Waals surface area contributed by atoms with Gasteiger partial charge < -0.3 is 0 Å². The Labute approximate surface area is 100 Å². The molecule has 2 heteroatoms. The van der Waals surface area contributed by atoms with Crippen LogP contribution >= 0.6 is 0 Å². The summed E-state index contributed by atoms with van der Waals surface area (Å²) in [6.45, 7) is 12.0. The van der Waals surface area contributed by atoms with Crippen LogP contribution in [0, 0.1) is 6.92 Å². The van der Waals surface area contributed by atoms with Gasteiger partial charge in [0, 0.05) is 0 Å². The quantitative estimate of drug-likeness (QED) is 0.689. The molecule has 0 saturated carbocycles. The Balaban J connectivity index is 0. The Bertz CT molecular complexity index is 301. The largest absolute Gasteiger partial charge is 0.159 e. The zero-order chi connectivity index (χ0) is 12.8. The predicted octanol–water partition coefficient (Wildman–Crippen LogP) is 4.43. The number of nitrogens with zero attached hydrogens (tertiary/aromatic N) is 2. The predicted molar refractivity (Wildman–Crippen MR) is 73.3 cm³/mol. The number of hydrogen-bond donors (Lipinski definition) is 0.